The molecule has 1 atom stereocenters. The van der Waals surface area contributed by atoms with Gasteiger partial charge in [-0.2, -0.15) is 0 Å². The fraction of sp³-hybridized carbons (Fsp3) is 0.885. The van der Waals surface area contributed by atoms with Crippen molar-refractivity contribution in [3.8, 4) is 0 Å². The molecule has 30 heavy (non-hydrogen) atoms. The van der Waals surface area contributed by atoms with Gasteiger partial charge in [-0.25, -0.2) is 0 Å². The molecule has 1 aliphatic heterocycles. The number of hydrogen-bond acceptors (Lipinski definition) is 2. The van der Waals surface area contributed by atoms with Crippen LogP contribution in [0.3, 0.4) is 0 Å². The maximum absolute atomic E-state index is 12.2. The molecule has 0 aromatic rings. The number of amides is 2. The van der Waals surface area contributed by atoms with E-state index in [-0.39, 0.29) is 17.9 Å². The van der Waals surface area contributed by atoms with Gasteiger partial charge in [-0.05, 0) is 19.3 Å². The molecule has 4 nitrogen and oxygen atoms in total. The van der Waals surface area contributed by atoms with Gasteiger partial charge >= 0.3 is 0 Å². The highest BCUT2D eigenvalue weighted by atomic mass is 16.2. The molecule has 1 saturated heterocycles. The van der Waals surface area contributed by atoms with Crippen LogP contribution in [-0.2, 0) is 9.59 Å². The Morgan fingerprint density at radius 1 is 0.867 bits per heavy atom. The molecule has 1 N–H and O–H groups in total. The summed E-state index contributed by atoms with van der Waals surface area (Å²) in [5, 5.41) is 3.08. The molecule has 0 aromatic carbocycles. The van der Waals surface area contributed by atoms with E-state index in [2.05, 4.69) is 19.2 Å². The van der Waals surface area contributed by atoms with Crippen LogP contribution in [0, 0.1) is 6.54 Å². The predicted molar refractivity (Wildman–Crippen MR) is 127 cm³/mol. The van der Waals surface area contributed by atoms with Gasteiger partial charge in [-0.3, -0.25) is 9.59 Å². The second kappa shape index (κ2) is 18.7. The molecule has 175 valence electrons. The fourth-order valence-corrected chi connectivity index (χ4v) is 4.22. The summed E-state index contributed by atoms with van der Waals surface area (Å²) in [6.45, 7) is 7.04. The highest BCUT2D eigenvalue weighted by molar-refractivity contribution is 5.79. The minimum atomic E-state index is -0.0177. The Balaban J connectivity index is 1.86. The number of carbonyl (C=O) groups excluding carboxylic acids is 2. The summed E-state index contributed by atoms with van der Waals surface area (Å²) < 4.78 is 0. The first-order chi connectivity index (χ1) is 14.7. The highest BCUT2D eigenvalue weighted by Gasteiger charge is 2.23. The van der Waals surface area contributed by atoms with E-state index < -0.39 is 0 Å². The average Bonchev–Trinajstić information content (AvgIpc) is 3.14. The van der Waals surface area contributed by atoms with Crippen LogP contribution in [0.25, 0.3) is 0 Å². The molecule has 1 heterocycles. The van der Waals surface area contributed by atoms with Crippen molar-refractivity contribution in [1.29, 1.82) is 0 Å². The Labute approximate surface area is 186 Å². The molecule has 0 aromatic heterocycles. The van der Waals surface area contributed by atoms with Gasteiger partial charge in [-0.15, -0.1) is 0 Å². The Bertz CT molecular complexity index is 439. The topological polar surface area (TPSA) is 49.4 Å². The smallest absolute Gasteiger partial charge is 0.223 e. The SMILES string of the molecule is CCCCCCCCCCCCCCCCCC(=O)NC([CH]N1CCCC1=O)CC. The minimum Gasteiger partial charge on any atom is -0.351 e. The number of hydrogen-bond donors (Lipinski definition) is 1. The number of likely N-dealkylation sites (tertiary alicyclic amines) is 1. The van der Waals surface area contributed by atoms with Crippen molar-refractivity contribution in [3.63, 3.8) is 0 Å². The van der Waals surface area contributed by atoms with Crippen molar-refractivity contribution in [2.75, 3.05) is 6.54 Å². The van der Waals surface area contributed by atoms with Crippen LogP contribution < -0.4 is 5.32 Å². The molecule has 0 aliphatic carbocycles. The molecule has 1 radical (unpaired) electrons. The number of nitrogens with one attached hydrogen (secondary N) is 1. The molecular formula is C26H49N2O2. The molecule has 1 unspecified atom stereocenters. The van der Waals surface area contributed by atoms with Gasteiger partial charge in [-0.1, -0.05) is 104 Å². The van der Waals surface area contributed by atoms with E-state index in [1.54, 1.807) is 4.90 Å². The van der Waals surface area contributed by atoms with Crippen molar-refractivity contribution in [3.05, 3.63) is 6.54 Å². The summed E-state index contributed by atoms with van der Waals surface area (Å²) in [5.41, 5.74) is 0. The third-order valence-electron chi connectivity index (χ3n) is 6.26. The first-order valence-corrected chi connectivity index (χ1v) is 13.1. The normalized spacial score (nSPS) is 15.0. The number of nitrogens with zero attached hydrogens (tertiary/aromatic N) is 1. The lowest BCUT2D eigenvalue weighted by molar-refractivity contribution is -0.127. The van der Waals surface area contributed by atoms with Crippen molar-refractivity contribution in [1.82, 2.24) is 10.2 Å². The number of unbranched alkanes of at least 4 members (excludes halogenated alkanes) is 14. The Hall–Kier alpha value is -1.06. The van der Waals surface area contributed by atoms with Crippen LogP contribution in [0.1, 0.15) is 136 Å². The average molecular weight is 422 g/mol. The third-order valence-corrected chi connectivity index (χ3v) is 6.26. The van der Waals surface area contributed by atoms with Crippen molar-refractivity contribution in [2.24, 2.45) is 0 Å². The van der Waals surface area contributed by atoms with E-state index in [9.17, 15) is 9.59 Å². The second-order valence-corrected chi connectivity index (χ2v) is 9.12. The zero-order chi connectivity index (χ0) is 21.9. The summed E-state index contributed by atoms with van der Waals surface area (Å²) in [7, 11) is 0. The van der Waals surface area contributed by atoms with E-state index in [0.29, 0.717) is 12.8 Å². The lowest BCUT2D eigenvalue weighted by Gasteiger charge is -2.23. The van der Waals surface area contributed by atoms with Crippen molar-refractivity contribution >= 4 is 11.8 Å². The lowest BCUT2D eigenvalue weighted by Crippen LogP contribution is -2.40. The summed E-state index contributed by atoms with van der Waals surface area (Å²) in [6.07, 6.45) is 23.1. The zero-order valence-electron chi connectivity index (χ0n) is 20.1. The van der Waals surface area contributed by atoms with Gasteiger partial charge in [0.15, 0.2) is 0 Å². The van der Waals surface area contributed by atoms with Crippen LogP contribution in [-0.4, -0.2) is 29.3 Å². The van der Waals surface area contributed by atoms with Crippen LogP contribution >= 0.6 is 0 Å². The summed E-state index contributed by atoms with van der Waals surface area (Å²) in [6, 6.07) is -0.0177. The summed E-state index contributed by atoms with van der Waals surface area (Å²) >= 11 is 0. The van der Waals surface area contributed by atoms with Crippen LogP contribution in [0.5, 0.6) is 0 Å². The molecule has 0 bridgehead atoms. The Morgan fingerprint density at radius 3 is 1.80 bits per heavy atom. The largest absolute Gasteiger partial charge is 0.351 e. The van der Waals surface area contributed by atoms with Crippen LogP contribution in [0.15, 0.2) is 0 Å². The highest BCUT2D eigenvalue weighted by Crippen LogP contribution is 2.15. The van der Waals surface area contributed by atoms with E-state index in [1.165, 1.54) is 83.5 Å². The molecule has 1 fully saturated rings. The van der Waals surface area contributed by atoms with E-state index in [1.807, 2.05) is 6.54 Å². The van der Waals surface area contributed by atoms with E-state index in [0.717, 1.165) is 32.2 Å². The molecule has 4 heteroatoms. The van der Waals surface area contributed by atoms with Gasteiger partial charge < -0.3 is 10.2 Å². The standard InChI is InChI=1S/C26H49N2O2/c1-3-5-6-7-8-9-10-11-12-13-14-15-16-17-18-20-25(29)27-24(4-2)23-28-22-19-21-26(28)30/h23-24H,3-22H2,1-2H3,(H,27,29). The van der Waals surface area contributed by atoms with Crippen LogP contribution in [0.4, 0.5) is 0 Å². The summed E-state index contributed by atoms with van der Waals surface area (Å²) in [5.74, 6) is 0.310. The quantitative estimate of drug-likeness (QED) is 0.217. The Morgan fingerprint density at radius 2 is 1.37 bits per heavy atom. The minimum absolute atomic E-state index is 0.0177. The third kappa shape index (κ3) is 14.0. The first-order valence-electron chi connectivity index (χ1n) is 13.1. The molecule has 0 spiro atoms. The second-order valence-electron chi connectivity index (χ2n) is 9.12. The Kier molecular flexibility index (Phi) is 16.8. The van der Waals surface area contributed by atoms with Gasteiger partial charge in [0.2, 0.25) is 11.8 Å². The van der Waals surface area contributed by atoms with Crippen molar-refractivity contribution < 1.29 is 9.59 Å². The summed E-state index contributed by atoms with van der Waals surface area (Å²) in [4.78, 5) is 25.7. The van der Waals surface area contributed by atoms with Gasteiger partial charge in [0.1, 0.15) is 0 Å². The predicted octanol–water partition coefficient (Wildman–Crippen LogP) is 6.93. The van der Waals surface area contributed by atoms with E-state index in [4.69, 9.17) is 0 Å². The lowest BCUT2D eigenvalue weighted by atomic mass is 10.0. The molecule has 0 saturated carbocycles. The first kappa shape index (κ1) is 27.0. The molecule has 1 rings (SSSR count). The maximum Gasteiger partial charge on any atom is 0.223 e. The van der Waals surface area contributed by atoms with Crippen molar-refractivity contribution in [2.45, 2.75) is 142 Å². The zero-order valence-corrected chi connectivity index (χ0v) is 20.1. The van der Waals surface area contributed by atoms with E-state index >= 15 is 0 Å². The maximum atomic E-state index is 12.2. The molecule has 2 amide bonds. The van der Waals surface area contributed by atoms with Gasteiger partial charge in [0.25, 0.3) is 0 Å². The monoisotopic (exact) mass is 421 g/mol. The van der Waals surface area contributed by atoms with Crippen LogP contribution in [0.2, 0.25) is 0 Å². The number of carbonyl (C=O) groups is 2. The van der Waals surface area contributed by atoms with Gasteiger partial charge in [0, 0.05) is 19.4 Å². The molecule has 1 aliphatic rings. The van der Waals surface area contributed by atoms with Gasteiger partial charge in [0.05, 0.1) is 12.6 Å². The number of rotatable bonds is 20. The molecular weight excluding hydrogens is 372 g/mol. The fourth-order valence-electron chi connectivity index (χ4n) is 4.22.